The third-order valence-electron chi connectivity index (χ3n) is 4.99. The Morgan fingerprint density at radius 2 is 1.97 bits per heavy atom. The molecule has 0 spiro atoms. The minimum atomic E-state index is -0.127. The van der Waals surface area contributed by atoms with Crippen molar-refractivity contribution in [1.29, 1.82) is 0 Å². The molecule has 1 amide bonds. The summed E-state index contributed by atoms with van der Waals surface area (Å²) in [6.07, 6.45) is 4.65. The molecule has 0 fully saturated rings. The fourth-order valence-electron chi connectivity index (χ4n) is 3.35. The van der Waals surface area contributed by atoms with Crippen LogP contribution in [0.15, 0.2) is 57.0 Å². The molecule has 0 saturated carbocycles. The van der Waals surface area contributed by atoms with Gasteiger partial charge in [0.15, 0.2) is 5.16 Å². The number of nitrogens with one attached hydrogen (secondary N) is 1. The lowest BCUT2D eigenvalue weighted by molar-refractivity contribution is -0.118. The Labute approximate surface area is 181 Å². The fourth-order valence-corrected chi connectivity index (χ4v) is 4.27. The molecule has 0 saturated heterocycles. The number of fused-ring (bicyclic) bond motifs is 1. The molecule has 30 heavy (non-hydrogen) atoms. The number of nitrogens with zero attached hydrogens (tertiary/aromatic N) is 2. The molecule has 1 atom stereocenters. The van der Waals surface area contributed by atoms with E-state index < -0.39 is 0 Å². The molecule has 0 radical (unpaired) electrons. The molecule has 1 aromatic carbocycles. The smallest absolute Gasteiger partial charge is 0.262 e. The van der Waals surface area contributed by atoms with Gasteiger partial charge >= 0.3 is 0 Å². The minimum Gasteiger partial charge on any atom is -0.467 e. The third kappa shape index (κ3) is 5.75. The van der Waals surface area contributed by atoms with E-state index in [-0.39, 0.29) is 23.3 Å². The number of benzene rings is 1. The van der Waals surface area contributed by atoms with Gasteiger partial charge < -0.3 is 9.73 Å². The van der Waals surface area contributed by atoms with Gasteiger partial charge in [-0.1, -0.05) is 50.6 Å². The van der Waals surface area contributed by atoms with Gasteiger partial charge in [0.05, 0.1) is 29.5 Å². The van der Waals surface area contributed by atoms with Gasteiger partial charge in [0.2, 0.25) is 5.91 Å². The van der Waals surface area contributed by atoms with Crippen molar-refractivity contribution in [2.45, 2.75) is 57.8 Å². The monoisotopic (exact) mass is 427 g/mol. The summed E-state index contributed by atoms with van der Waals surface area (Å²) in [5, 5.41) is 4.03. The number of carbonyl (C=O) groups excluding carboxylic acids is 1. The van der Waals surface area contributed by atoms with Gasteiger partial charge in [-0.25, -0.2) is 4.98 Å². The Balaban J connectivity index is 1.77. The van der Waals surface area contributed by atoms with E-state index in [9.17, 15) is 9.59 Å². The second kappa shape index (κ2) is 10.5. The highest BCUT2D eigenvalue weighted by molar-refractivity contribution is 7.99. The average Bonchev–Trinajstić information content (AvgIpc) is 3.24. The number of aromatic nitrogens is 2. The van der Waals surface area contributed by atoms with Crippen LogP contribution in [0.4, 0.5) is 0 Å². The van der Waals surface area contributed by atoms with Gasteiger partial charge in [-0.2, -0.15) is 0 Å². The van der Waals surface area contributed by atoms with Gasteiger partial charge in [0.1, 0.15) is 5.76 Å². The predicted molar refractivity (Wildman–Crippen MR) is 121 cm³/mol. The number of para-hydroxylation sites is 1. The van der Waals surface area contributed by atoms with Crippen LogP contribution in [0.2, 0.25) is 0 Å². The first kappa shape index (κ1) is 22.2. The lowest BCUT2D eigenvalue weighted by Gasteiger charge is -2.20. The van der Waals surface area contributed by atoms with Crippen LogP contribution in [0.3, 0.4) is 0 Å². The first-order chi connectivity index (χ1) is 14.5. The number of rotatable bonds is 10. The molecule has 0 bridgehead atoms. The van der Waals surface area contributed by atoms with Crippen LogP contribution in [0.1, 0.15) is 51.8 Å². The van der Waals surface area contributed by atoms with Gasteiger partial charge in [0, 0.05) is 6.04 Å². The third-order valence-corrected chi connectivity index (χ3v) is 5.94. The molecule has 7 heteroatoms. The molecule has 1 N–H and O–H groups in total. The Hall–Kier alpha value is -2.54. The minimum absolute atomic E-state index is 0.0158. The molecule has 0 aliphatic heterocycles. The maximum absolute atomic E-state index is 13.2. The van der Waals surface area contributed by atoms with Crippen molar-refractivity contribution in [3.8, 4) is 0 Å². The Bertz CT molecular complexity index is 1030. The number of thioether (sulfide) groups is 1. The van der Waals surface area contributed by atoms with Crippen molar-refractivity contribution < 1.29 is 9.21 Å². The Morgan fingerprint density at radius 1 is 1.17 bits per heavy atom. The number of furan rings is 1. The fraction of sp³-hybridized carbons (Fsp3) is 0.435. The Kier molecular flexibility index (Phi) is 7.74. The highest BCUT2D eigenvalue weighted by Crippen LogP contribution is 2.24. The van der Waals surface area contributed by atoms with Gasteiger partial charge in [-0.3, -0.25) is 14.2 Å². The van der Waals surface area contributed by atoms with Crippen LogP contribution in [-0.4, -0.2) is 21.2 Å². The molecular formula is C23H29N3O3S. The van der Waals surface area contributed by atoms with Crippen molar-refractivity contribution in [2.75, 3.05) is 5.75 Å². The molecule has 3 aromatic rings. The molecule has 0 aliphatic carbocycles. The SMILES string of the molecule is CC(C)CCCC(C)n1c(SCC(=O)NCc2ccco2)nc2ccccc2c1=O. The summed E-state index contributed by atoms with van der Waals surface area (Å²) in [5.74, 6) is 1.39. The summed E-state index contributed by atoms with van der Waals surface area (Å²) in [5.41, 5.74) is 0.614. The van der Waals surface area contributed by atoms with E-state index in [0.717, 1.165) is 19.3 Å². The second-order valence-corrected chi connectivity index (χ2v) is 8.85. The van der Waals surface area contributed by atoms with E-state index in [0.29, 0.717) is 34.3 Å². The number of hydrogen-bond acceptors (Lipinski definition) is 5. The molecule has 2 heterocycles. The summed E-state index contributed by atoms with van der Waals surface area (Å²) < 4.78 is 6.99. The summed E-state index contributed by atoms with van der Waals surface area (Å²) in [7, 11) is 0. The lowest BCUT2D eigenvalue weighted by atomic mass is 10.0. The Morgan fingerprint density at radius 3 is 2.70 bits per heavy atom. The number of carbonyl (C=O) groups is 1. The summed E-state index contributed by atoms with van der Waals surface area (Å²) in [6, 6.07) is 11.0. The quantitative estimate of drug-likeness (QED) is 0.372. The standard InChI is InChI=1S/C23H29N3O3S/c1-16(2)8-6-9-17(3)26-22(28)19-11-4-5-12-20(19)25-23(26)30-15-21(27)24-14-18-10-7-13-29-18/h4-5,7,10-13,16-17H,6,8-9,14-15H2,1-3H3,(H,24,27). The molecule has 2 aromatic heterocycles. The maximum Gasteiger partial charge on any atom is 0.262 e. The van der Waals surface area contributed by atoms with E-state index in [1.807, 2.05) is 30.3 Å². The van der Waals surface area contributed by atoms with Gasteiger partial charge in [-0.15, -0.1) is 0 Å². The topological polar surface area (TPSA) is 77.1 Å². The van der Waals surface area contributed by atoms with E-state index in [2.05, 4.69) is 26.1 Å². The number of amides is 1. The zero-order valence-corrected chi connectivity index (χ0v) is 18.6. The summed E-state index contributed by atoms with van der Waals surface area (Å²) in [4.78, 5) is 30.2. The van der Waals surface area contributed by atoms with Crippen LogP contribution in [-0.2, 0) is 11.3 Å². The first-order valence-electron chi connectivity index (χ1n) is 10.4. The van der Waals surface area contributed by atoms with Crippen molar-refractivity contribution in [2.24, 2.45) is 5.92 Å². The van der Waals surface area contributed by atoms with Gasteiger partial charge in [0.25, 0.3) is 5.56 Å². The summed E-state index contributed by atoms with van der Waals surface area (Å²) >= 11 is 1.30. The van der Waals surface area contributed by atoms with Crippen LogP contribution in [0, 0.1) is 5.92 Å². The highest BCUT2D eigenvalue weighted by Gasteiger charge is 2.17. The number of hydrogen-bond donors (Lipinski definition) is 1. The van der Waals surface area contributed by atoms with Crippen LogP contribution < -0.4 is 10.9 Å². The van der Waals surface area contributed by atoms with Crippen molar-refractivity contribution in [3.05, 3.63) is 58.8 Å². The van der Waals surface area contributed by atoms with Crippen molar-refractivity contribution >= 4 is 28.6 Å². The van der Waals surface area contributed by atoms with E-state index >= 15 is 0 Å². The zero-order valence-electron chi connectivity index (χ0n) is 17.8. The molecule has 6 nitrogen and oxygen atoms in total. The predicted octanol–water partition coefficient (Wildman–Crippen LogP) is 4.79. The molecule has 160 valence electrons. The largest absolute Gasteiger partial charge is 0.467 e. The van der Waals surface area contributed by atoms with E-state index in [4.69, 9.17) is 9.40 Å². The molecule has 1 unspecified atom stereocenters. The second-order valence-electron chi connectivity index (χ2n) is 7.91. The van der Waals surface area contributed by atoms with E-state index in [1.165, 1.54) is 11.8 Å². The van der Waals surface area contributed by atoms with Crippen LogP contribution in [0.25, 0.3) is 10.9 Å². The molecule has 3 rings (SSSR count). The zero-order chi connectivity index (χ0) is 21.5. The molecule has 0 aliphatic rings. The molecular weight excluding hydrogens is 398 g/mol. The van der Waals surface area contributed by atoms with Crippen LogP contribution in [0.5, 0.6) is 0 Å². The van der Waals surface area contributed by atoms with Gasteiger partial charge in [-0.05, 0) is 43.5 Å². The van der Waals surface area contributed by atoms with Crippen molar-refractivity contribution in [1.82, 2.24) is 14.9 Å². The first-order valence-corrected chi connectivity index (χ1v) is 11.4. The normalized spacial score (nSPS) is 12.4. The highest BCUT2D eigenvalue weighted by atomic mass is 32.2. The maximum atomic E-state index is 13.2. The van der Waals surface area contributed by atoms with E-state index in [1.54, 1.807) is 16.9 Å². The van der Waals surface area contributed by atoms with Crippen molar-refractivity contribution in [3.63, 3.8) is 0 Å². The summed E-state index contributed by atoms with van der Waals surface area (Å²) in [6.45, 7) is 6.81. The average molecular weight is 428 g/mol. The van der Waals surface area contributed by atoms with Crippen LogP contribution >= 0.6 is 11.8 Å². The lowest BCUT2D eigenvalue weighted by Crippen LogP contribution is -2.28.